The molecule has 1 fully saturated rings. The number of carbonyl (C=O) groups is 1. The van der Waals surface area contributed by atoms with Gasteiger partial charge in [0.25, 0.3) is 0 Å². The lowest BCUT2D eigenvalue weighted by atomic mass is 9.96. The molecule has 0 unspecified atom stereocenters. The van der Waals surface area contributed by atoms with Gasteiger partial charge in [0.15, 0.2) is 0 Å². The summed E-state index contributed by atoms with van der Waals surface area (Å²) in [4.78, 5) is 11.1. The molecule has 1 aliphatic rings. The lowest BCUT2D eigenvalue weighted by molar-refractivity contribution is -0.151. The summed E-state index contributed by atoms with van der Waals surface area (Å²) in [7, 11) is 0. The lowest BCUT2D eigenvalue weighted by Crippen LogP contribution is -2.32. The highest BCUT2D eigenvalue weighted by atomic mass is 16.5. The topological polar surface area (TPSA) is 38.3 Å². The first-order valence-electron chi connectivity index (χ1n) is 5.08. The lowest BCUT2D eigenvalue weighted by Gasteiger charge is -2.25. The predicted molar refractivity (Wildman–Crippen MR) is 51.4 cm³/mol. The Balaban J connectivity index is 1.97. The summed E-state index contributed by atoms with van der Waals surface area (Å²) in [6, 6.07) is 0. The third kappa shape index (κ3) is 4.27. The first kappa shape index (κ1) is 10.5. The van der Waals surface area contributed by atoms with Crippen molar-refractivity contribution in [1.29, 1.82) is 0 Å². The molecule has 1 aliphatic carbocycles. The molecule has 0 aromatic heterocycles. The normalized spacial score (nSPS) is 17.2. The van der Waals surface area contributed by atoms with Crippen molar-refractivity contribution in [2.24, 2.45) is 5.92 Å². The van der Waals surface area contributed by atoms with E-state index in [1.54, 1.807) is 0 Å². The van der Waals surface area contributed by atoms with Gasteiger partial charge in [-0.3, -0.25) is 4.79 Å². The highest BCUT2D eigenvalue weighted by molar-refractivity contribution is 5.71. The van der Waals surface area contributed by atoms with E-state index in [9.17, 15) is 4.79 Å². The minimum atomic E-state index is -0.106. The van der Waals surface area contributed by atoms with Gasteiger partial charge in [0.1, 0.15) is 6.10 Å². The third-order valence-electron chi connectivity index (χ3n) is 2.17. The summed E-state index contributed by atoms with van der Waals surface area (Å²) in [5, 5.41) is 3.06. The van der Waals surface area contributed by atoms with E-state index in [0.717, 1.165) is 19.4 Å². The van der Waals surface area contributed by atoms with E-state index in [-0.39, 0.29) is 12.1 Å². The molecule has 1 rings (SSSR count). The maximum Gasteiger partial charge on any atom is 0.320 e. The molecule has 0 aliphatic heterocycles. The van der Waals surface area contributed by atoms with Crippen LogP contribution in [0.25, 0.3) is 0 Å². The number of hydrogen-bond acceptors (Lipinski definition) is 3. The number of carbonyl (C=O) groups excluding carboxylic acids is 1. The smallest absolute Gasteiger partial charge is 0.320 e. The zero-order valence-electron chi connectivity index (χ0n) is 8.51. The predicted octanol–water partition coefficient (Wildman–Crippen LogP) is 1.33. The molecule has 0 bridgehead atoms. The van der Waals surface area contributed by atoms with E-state index in [0.29, 0.717) is 12.5 Å². The van der Waals surface area contributed by atoms with Crippen LogP contribution in [-0.2, 0) is 9.53 Å². The zero-order chi connectivity index (χ0) is 9.68. The Morgan fingerprint density at radius 2 is 2.23 bits per heavy atom. The minimum Gasteiger partial charge on any atom is -0.461 e. The molecule has 0 spiro atoms. The van der Waals surface area contributed by atoms with Crippen LogP contribution in [0.4, 0.5) is 0 Å². The van der Waals surface area contributed by atoms with E-state index >= 15 is 0 Å². The fourth-order valence-electron chi connectivity index (χ4n) is 1.18. The largest absolute Gasteiger partial charge is 0.461 e. The van der Waals surface area contributed by atoms with Gasteiger partial charge in [0.2, 0.25) is 0 Å². The van der Waals surface area contributed by atoms with Gasteiger partial charge in [-0.2, -0.15) is 0 Å². The minimum absolute atomic E-state index is 0.106. The molecular formula is C10H19NO2. The zero-order valence-corrected chi connectivity index (χ0v) is 8.51. The molecule has 0 aromatic rings. The van der Waals surface area contributed by atoms with E-state index in [1.165, 1.54) is 6.42 Å². The van der Waals surface area contributed by atoms with Crippen molar-refractivity contribution in [2.45, 2.75) is 39.2 Å². The standard InChI is InChI=1S/C10H19NO2/c1-8(2)6-11-7-10(12)13-9-4-3-5-9/h8-9,11H,3-7H2,1-2H3. The number of rotatable bonds is 5. The van der Waals surface area contributed by atoms with Gasteiger partial charge in [0.05, 0.1) is 6.54 Å². The molecule has 0 radical (unpaired) electrons. The van der Waals surface area contributed by atoms with Crippen molar-refractivity contribution in [1.82, 2.24) is 5.32 Å². The van der Waals surface area contributed by atoms with E-state index in [1.807, 2.05) is 0 Å². The second-order valence-corrected chi connectivity index (χ2v) is 4.07. The van der Waals surface area contributed by atoms with Gasteiger partial charge >= 0.3 is 5.97 Å². The Morgan fingerprint density at radius 1 is 1.54 bits per heavy atom. The highest BCUT2D eigenvalue weighted by Gasteiger charge is 2.21. The fourth-order valence-corrected chi connectivity index (χ4v) is 1.18. The summed E-state index contributed by atoms with van der Waals surface area (Å²) in [5.74, 6) is 0.474. The van der Waals surface area contributed by atoms with Crippen molar-refractivity contribution < 1.29 is 9.53 Å². The van der Waals surface area contributed by atoms with Crippen molar-refractivity contribution in [2.75, 3.05) is 13.1 Å². The molecule has 0 aromatic carbocycles. The summed E-state index contributed by atoms with van der Waals surface area (Å²) in [5.41, 5.74) is 0. The van der Waals surface area contributed by atoms with Crippen LogP contribution in [0.15, 0.2) is 0 Å². The van der Waals surface area contributed by atoms with Gasteiger partial charge in [-0.25, -0.2) is 0 Å². The molecule has 76 valence electrons. The van der Waals surface area contributed by atoms with Crippen LogP contribution in [0, 0.1) is 5.92 Å². The molecule has 3 heteroatoms. The van der Waals surface area contributed by atoms with Gasteiger partial charge < -0.3 is 10.1 Å². The summed E-state index contributed by atoms with van der Waals surface area (Å²) < 4.78 is 5.17. The quantitative estimate of drug-likeness (QED) is 0.657. The average Bonchev–Trinajstić information content (AvgIpc) is 1.96. The molecule has 13 heavy (non-hydrogen) atoms. The number of nitrogens with one attached hydrogen (secondary N) is 1. The number of ether oxygens (including phenoxy) is 1. The summed E-state index contributed by atoms with van der Waals surface area (Å²) >= 11 is 0. The highest BCUT2D eigenvalue weighted by Crippen LogP contribution is 2.21. The average molecular weight is 185 g/mol. The van der Waals surface area contributed by atoms with Crippen LogP contribution >= 0.6 is 0 Å². The maximum atomic E-state index is 11.1. The van der Waals surface area contributed by atoms with E-state index in [4.69, 9.17) is 4.74 Å². The summed E-state index contributed by atoms with van der Waals surface area (Å²) in [6.45, 7) is 5.46. The maximum absolute atomic E-state index is 11.1. The van der Waals surface area contributed by atoms with E-state index in [2.05, 4.69) is 19.2 Å². The molecule has 1 N–H and O–H groups in total. The van der Waals surface area contributed by atoms with Crippen LogP contribution < -0.4 is 5.32 Å². The van der Waals surface area contributed by atoms with Crippen molar-refractivity contribution in [3.8, 4) is 0 Å². The molecule has 3 nitrogen and oxygen atoms in total. The molecule has 0 heterocycles. The summed E-state index contributed by atoms with van der Waals surface area (Å²) in [6.07, 6.45) is 3.52. The second kappa shape index (κ2) is 5.22. The van der Waals surface area contributed by atoms with Crippen molar-refractivity contribution >= 4 is 5.97 Å². The second-order valence-electron chi connectivity index (χ2n) is 4.07. The Morgan fingerprint density at radius 3 is 2.69 bits per heavy atom. The monoisotopic (exact) mass is 185 g/mol. The Hall–Kier alpha value is -0.570. The Labute approximate surface area is 79.8 Å². The molecule has 1 saturated carbocycles. The molecule has 0 atom stereocenters. The number of esters is 1. The van der Waals surface area contributed by atoms with Gasteiger partial charge in [-0.1, -0.05) is 13.8 Å². The SMILES string of the molecule is CC(C)CNCC(=O)OC1CCC1. The van der Waals surface area contributed by atoms with E-state index < -0.39 is 0 Å². The third-order valence-corrected chi connectivity index (χ3v) is 2.17. The van der Waals surface area contributed by atoms with Crippen LogP contribution in [0.2, 0.25) is 0 Å². The number of hydrogen-bond donors (Lipinski definition) is 1. The van der Waals surface area contributed by atoms with Crippen molar-refractivity contribution in [3.63, 3.8) is 0 Å². The van der Waals surface area contributed by atoms with Crippen LogP contribution in [0.5, 0.6) is 0 Å². The van der Waals surface area contributed by atoms with Crippen LogP contribution in [0.1, 0.15) is 33.1 Å². The first-order chi connectivity index (χ1) is 6.18. The van der Waals surface area contributed by atoms with Crippen molar-refractivity contribution in [3.05, 3.63) is 0 Å². The fraction of sp³-hybridized carbons (Fsp3) is 0.900. The Bertz CT molecular complexity index is 164. The van der Waals surface area contributed by atoms with Crippen LogP contribution in [0.3, 0.4) is 0 Å². The molecule has 0 amide bonds. The van der Waals surface area contributed by atoms with Crippen LogP contribution in [-0.4, -0.2) is 25.2 Å². The molecule has 0 saturated heterocycles. The molecular weight excluding hydrogens is 166 g/mol. The van der Waals surface area contributed by atoms with Gasteiger partial charge in [0, 0.05) is 0 Å². The van der Waals surface area contributed by atoms with Gasteiger partial charge in [-0.15, -0.1) is 0 Å². The van der Waals surface area contributed by atoms with Gasteiger partial charge in [-0.05, 0) is 31.7 Å². The first-order valence-corrected chi connectivity index (χ1v) is 5.08. The Kier molecular flexibility index (Phi) is 4.22.